The summed E-state index contributed by atoms with van der Waals surface area (Å²) < 4.78 is 6.87. The van der Waals surface area contributed by atoms with Crippen molar-refractivity contribution in [2.45, 2.75) is 27.2 Å². The summed E-state index contributed by atoms with van der Waals surface area (Å²) in [5, 5.41) is 3.17. The number of ether oxygens (including phenoxy) is 1. The molecule has 1 fully saturated rings. The molecule has 0 spiro atoms. The van der Waals surface area contributed by atoms with E-state index in [1.807, 2.05) is 31.2 Å². The molecule has 29 heavy (non-hydrogen) atoms. The van der Waals surface area contributed by atoms with Crippen LogP contribution in [0.3, 0.4) is 0 Å². The van der Waals surface area contributed by atoms with Crippen LogP contribution in [0.2, 0.25) is 0 Å². The lowest BCUT2D eigenvalue weighted by atomic mass is 9.92. The number of methoxy groups -OCH3 is 1. The van der Waals surface area contributed by atoms with Crippen LogP contribution in [0.5, 0.6) is 5.75 Å². The van der Waals surface area contributed by atoms with E-state index in [1.165, 1.54) is 11.1 Å². The van der Waals surface area contributed by atoms with Crippen LogP contribution in [-0.2, 0) is 0 Å². The third-order valence-electron chi connectivity index (χ3n) is 5.46. The van der Waals surface area contributed by atoms with Gasteiger partial charge in [0, 0.05) is 30.9 Å². The Morgan fingerprint density at radius 3 is 2.59 bits per heavy atom. The second-order valence-electron chi connectivity index (χ2n) is 8.04. The summed E-state index contributed by atoms with van der Waals surface area (Å²) in [6, 6.07) is 8.98. The van der Waals surface area contributed by atoms with Gasteiger partial charge in [-0.25, -0.2) is 14.6 Å². The standard InChI is InChI=1S/C22H27N5O2/c1-14-9-15(2)13-26(12-14)22-23-11-17(16(3)24-22)18-10-21(28)27(25-18)19-7-5-6-8-20(19)29-4/h5-8,10-11,14-15,25H,9,12-13H2,1-4H3. The zero-order valence-electron chi connectivity index (χ0n) is 17.3. The van der Waals surface area contributed by atoms with E-state index in [0.29, 0.717) is 29.0 Å². The number of aryl methyl sites for hydroxylation is 1. The van der Waals surface area contributed by atoms with E-state index < -0.39 is 0 Å². The summed E-state index contributed by atoms with van der Waals surface area (Å²) in [6.45, 7) is 8.45. The first-order chi connectivity index (χ1) is 14.0. The van der Waals surface area contributed by atoms with Crippen molar-refractivity contribution in [3.63, 3.8) is 0 Å². The molecule has 3 heterocycles. The number of aromatic amines is 1. The molecule has 0 amide bonds. The van der Waals surface area contributed by atoms with Gasteiger partial charge in [-0.15, -0.1) is 0 Å². The van der Waals surface area contributed by atoms with Gasteiger partial charge in [-0.05, 0) is 37.3 Å². The first kappa shape index (κ1) is 19.2. The number of benzene rings is 1. The highest BCUT2D eigenvalue weighted by atomic mass is 16.5. The van der Waals surface area contributed by atoms with Crippen LogP contribution in [0, 0.1) is 18.8 Å². The molecule has 7 heteroatoms. The lowest BCUT2D eigenvalue weighted by molar-refractivity contribution is 0.353. The van der Waals surface area contributed by atoms with Gasteiger partial charge in [0.25, 0.3) is 5.56 Å². The monoisotopic (exact) mass is 393 g/mol. The number of anilines is 1. The van der Waals surface area contributed by atoms with Crippen LogP contribution >= 0.6 is 0 Å². The molecular formula is C22H27N5O2. The average Bonchev–Trinajstić information content (AvgIpc) is 3.08. The van der Waals surface area contributed by atoms with Crippen molar-refractivity contribution >= 4 is 5.95 Å². The fourth-order valence-electron chi connectivity index (χ4n) is 4.23. The number of nitrogens with zero attached hydrogens (tertiary/aromatic N) is 4. The van der Waals surface area contributed by atoms with E-state index in [0.717, 1.165) is 30.3 Å². The smallest absolute Gasteiger partial charge is 0.271 e. The number of rotatable bonds is 4. The summed E-state index contributed by atoms with van der Waals surface area (Å²) in [6.07, 6.45) is 3.05. The predicted molar refractivity (Wildman–Crippen MR) is 114 cm³/mol. The maximum absolute atomic E-state index is 12.6. The van der Waals surface area contributed by atoms with Gasteiger partial charge in [0.1, 0.15) is 11.4 Å². The van der Waals surface area contributed by atoms with E-state index in [9.17, 15) is 4.79 Å². The number of hydrogen-bond donors (Lipinski definition) is 1. The van der Waals surface area contributed by atoms with Crippen LogP contribution in [0.4, 0.5) is 5.95 Å². The Bertz CT molecular complexity index is 1060. The van der Waals surface area contributed by atoms with Crippen molar-refractivity contribution in [2.24, 2.45) is 11.8 Å². The molecule has 2 atom stereocenters. The fourth-order valence-corrected chi connectivity index (χ4v) is 4.23. The lowest BCUT2D eigenvalue weighted by Crippen LogP contribution is -2.39. The summed E-state index contributed by atoms with van der Waals surface area (Å²) >= 11 is 0. The van der Waals surface area contributed by atoms with Crippen molar-refractivity contribution in [1.82, 2.24) is 19.7 Å². The molecule has 0 saturated carbocycles. The van der Waals surface area contributed by atoms with Gasteiger partial charge in [0.05, 0.1) is 18.5 Å². The molecule has 1 aromatic carbocycles. The Morgan fingerprint density at radius 2 is 1.90 bits per heavy atom. The number of H-pyrrole nitrogens is 1. The van der Waals surface area contributed by atoms with Crippen LogP contribution < -0.4 is 15.2 Å². The van der Waals surface area contributed by atoms with Crippen LogP contribution in [0.15, 0.2) is 41.3 Å². The van der Waals surface area contributed by atoms with Crippen molar-refractivity contribution in [2.75, 3.05) is 25.1 Å². The minimum atomic E-state index is -0.161. The quantitative estimate of drug-likeness (QED) is 0.735. The SMILES string of the molecule is COc1ccccc1-n1[nH]c(-c2cnc(N3CC(C)CC(C)C3)nc2C)cc1=O. The number of aromatic nitrogens is 4. The Hall–Kier alpha value is -3.09. The van der Waals surface area contributed by atoms with E-state index in [4.69, 9.17) is 9.72 Å². The highest BCUT2D eigenvalue weighted by Gasteiger charge is 2.24. The number of nitrogens with one attached hydrogen (secondary N) is 1. The normalized spacial score (nSPS) is 19.4. The van der Waals surface area contributed by atoms with Gasteiger partial charge >= 0.3 is 0 Å². The number of piperidine rings is 1. The molecule has 2 unspecified atom stereocenters. The Labute approximate surface area is 170 Å². The molecule has 0 aliphatic carbocycles. The first-order valence-electron chi connectivity index (χ1n) is 10.0. The first-order valence-corrected chi connectivity index (χ1v) is 10.0. The summed E-state index contributed by atoms with van der Waals surface area (Å²) in [5.41, 5.74) is 2.85. The van der Waals surface area contributed by atoms with Crippen LogP contribution in [0.25, 0.3) is 16.9 Å². The highest BCUT2D eigenvalue weighted by molar-refractivity contribution is 5.62. The van der Waals surface area contributed by atoms with E-state index in [2.05, 4.69) is 28.8 Å². The van der Waals surface area contributed by atoms with Gasteiger partial charge < -0.3 is 9.64 Å². The topological polar surface area (TPSA) is 76.0 Å². The molecule has 1 aliphatic heterocycles. The summed E-state index contributed by atoms with van der Waals surface area (Å²) in [5.74, 6) is 2.65. The number of hydrogen-bond acceptors (Lipinski definition) is 5. The molecule has 152 valence electrons. The molecule has 1 N–H and O–H groups in total. The second-order valence-corrected chi connectivity index (χ2v) is 8.04. The van der Waals surface area contributed by atoms with Crippen molar-refractivity contribution < 1.29 is 4.74 Å². The molecule has 3 aromatic rings. The zero-order chi connectivity index (χ0) is 20.5. The Balaban J connectivity index is 1.67. The van der Waals surface area contributed by atoms with E-state index in [-0.39, 0.29) is 5.56 Å². The van der Waals surface area contributed by atoms with Crippen LogP contribution in [0.1, 0.15) is 26.0 Å². The van der Waals surface area contributed by atoms with Crippen molar-refractivity contribution in [3.05, 3.63) is 52.6 Å². The molecule has 1 saturated heterocycles. The van der Waals surface area contributed by atoms with Crippen LogP contribution in [-0.4, -0.2) is 39.9 Å². The maximum Gasteiger partial charge on any atom is 0.271 e. The molecule has 4 rings (SSSR count). The third-order valence-corrected chi connectivity index (χ3v) is 5.46. The van der Waals surface area contributed by atoms with Gasteiger partial charge in [-0.2, -0.15) is 0 Å². The third kappa shape index (κ3) is 3.77. The Morgan fingerprint density at radius 1 is 1.17 bits per heavy atom. The summed E-state index contributed by atoms with van der Waals surface area (Å²) in [7, 11) is 1.59. The zero-order valence-corrected chi connectivity index (χ0v) is 17.3. The van der Waals surface area contributed by atoms with E-state index in [1.54, 1.807) is 19.4 Å². The molecule has 0 bridgehead atoms. The minimum absolute atomic E-state index is 0.161. The maximum atomic E-state index is 12.6. The molecule has 0 radical (unpaired) electrons. The van der Waals surface area contributed by atoms with Gasteiger partial charge in [-0.1, -0.05) is 26.0 Å². The number of para-hydroxylation sites is 2. The fraction of sp³-hybridized carbons (Fsp3) is 0.409. The molecule has 7 nitrogen and oxygen atoms in total. The highest BCUT2D eigenvalue weighted by Crippen LogP contribution is 2.27. The van der Waals surface area contributed by atoms with Crippen molar-refractivity contribution in [1.29, 1.82) is 0 Å². The molecule has 2 aromatic heterocycles. The minimum Gasteiger partial charge on any atom is -0.494 e. The van der Waals surface area contributed by atoms with Gasteiger partial charge in [0.2, 0.25) is 5.95 Å². The van der Waals surface area contributed by atoms with Gasteiger partial charge in [-0.3, -0.25) is 9.89 Å². The molecule has 1 aliphatic rings. The Kier molecular flexibility index (Phi) is 5.13. The molecular weight excluding hydrogens is 366 g/mol. The lowest BCUT2D eigenvalue weighted by Gasteiger charge is -2.35. The second kappa shape index (κ2) is 7.73. The predicted octanol–water partition coefficient (Wildman–Crippen LogP) is 3.42. The van der Waals surface area contributed by atoms with Gasteiger partial charge in [0.15, 0.2) is 0 Å². The summed E-state index contributed by atoms with van der Waals surface area (Å²) in [4.78, 5) is 24.2. The van der Waals surface area contributed by atoms with Crippen molar-refractivity contribution in [3.8, 4) is 22.7 Å². The largest absolute Gasteiger partial charge is 0.494 e. The average molecular weight is 393 g/mol. The van der Waals surface area contributed by atoms with E-state index >= 15 is 0 Å².